The van der Waals surface area contributed by atoms with Crippen molar-refractivity contribution in [3.8, 4) is 0 Å². The summed E-state index contributed by atoms with van der Waals surface area (Å²) in [6, 6.07) is 1.91. The Labute approximate surface area is 114 Å². The van der Waals surface area contributed by atoms with Crippen molar-refractivity contribution in [3.05, 3.63) is 35.8 Å². The highest BCUT2D eigenvalue weighted by Gasteiger charge is 2.27. The fourth-order valence-electron chi connectivity index (χ4n) is 1.72. The molecule has 0 aliphatic heterocycles. The van der Waals surface area contributed by atoms with Crippen molar-refractivity contribution in [1.29, 1.82) is 0 Å². The van der Waals surface area contributed by atoms with Gasteiger partial charge in [0, 0.05) is 6.42 Å². The second-order valence-corrected chi connectivity index (χ2v) is 5.54. The molecule has 1 rings (SSSR count). The average molecular weight is 268 g/mol. The van der Waals surface area contributed by atoms with Gasteiger partial charge in [-0.05, 0) is 50.8 Å². The standard InChI is InChI=1S/C15H24O4/c1-11(5-4-6-12-7-8-19-10-12)13(16)9-14(17)15(2,3)18/h5,7-8,10,13-14,16-18H,4,6,9H2,1-3H3/b11-5+/t13-,14+/m1/s1. The summed E-state index contributed by atoms with van der Waals surface area (Å²) in [5, 5.41) is 29.3. The number of furan rings is 1. The summed E-state index contributed by atoms with van der Waals surface area (Å²) >= 11 is 0. The van der Waals surface area contributed by atoms with Gasteiger partial charge in [0.25, 0.3) is 0 Å². The Balaban J connectivity index is 2.41. The molecule has 1 aromatic rings. The molecule has 0 aromatic carbocycles. The van der Waals surface area contributed by atoms with E-state index in [1.54, 1.807) is 12.5 Å². The monoisotopic (exact) mass is 268 g/mol. The second kappa shape index (κ2) is 6.89. The molecule has 4 heteroatoms. The van der Waals surface area contributed by atoms with Crippen LogP contribution in [0.1, 0.15) is 39.2 Å². The van der Waals surface area contributed by atoms with Crippen molar-refractivity contribution in [2.45, 2.75) is 57.8 Å². The van der Waals surface area contributed by atoms with Crippen molar-refractivity contribution < 1.29 is 19.7 Å². The molecule has 4 nitrogen and oxygen atoms in total. The Morgan fingerprint density at radius 2 is 2.11 bits per heavy atom. The third-order valence-electron chi connectivity index (χ3n) is 3.27. The zero-order chi connectivity index (χ0) is 14.5. The number of hydrogen-bond donors (Lipinski definition) is 3. The van der Waals surface area contributed by atoms with Crippen molar-refractivity contribution in [1.82, 2.24) is 0 Å². The molecule has 0 aliphatic rings. The van der Waals surface area contributed by atoms with E-state index < -0.39 is 17.8 Å². The summed E-state index contributed by atoms with van der Waals surface area (Å²) in [6.07, 6.45) is 5.42. The number of hydrogen-bond acceptors (Lipinski definition) is 4. The highest BCUT2D eigenvalue weighted by Crippen LogP contribution is 2.18. The molecule has 3 N–H and O–H groups in total. The number of aliphatic hydroxyl groups is 3. The minimum atomic E-state index is -1.20. The third kappa shape index (κ3) is 5.59. The van der Waals surface area contributed by atoms with Gasteiger partial charge in [-0.15, -0.1) is 0 Å². The van der Waals surface area contributed by atoms with Gasteiger partial charge in [-0.3, -0.25) is 0 Å². The average Bonchev–Trinajstić information content (AvgIpc) is 2.80. The van der Waals surface area contributed by atoms with Crippen LogP contribution < -0.4 is 0 Å². The summed E-state index contributed by atoms with van der Waals surface area (Å²) in [7, 11) is 0. The highest BCUT2D eigenvalue weighted by molar-refractivity contribution is 5.10. The van der Waals surface area contributed by atoms with Gasteiger partial charge < -0.3 is 19.7 Å². The van der Waals surface area contributed by atoms with Crippen molar-refractivity contribution in [3.63, 3.8) is 0 Å². The lowest BCUT2D eigenvalue weighted by Crippen LogP contribution is -2.38. The van der Waals surface area contributed by atoms with E-state index in [0.717, 1.165) is 24.0 Å². The topological polar surface area (TPSA) is 73.8 Å². The Hall–Kier alpha value is -1.10. The van der Waals surface area contributed by atoms with Crippen molar-refractivity contribution in [2.75, 3.05) is 0 Å². The van der Waals surface area contributed by atoms with Crippen LogP contribution in [0.15, 0.2) is 34.7 Å². The number of aliphatic hydroxyl groups excluding tert-OH is 2. The smallest absolute Gasteiger partial charge is 0.0934 e. The molecule has 0 radical (unpaired) electrons. The molecule has 108 valence electrons. The van der Waals surface area contributed by atoms with Crippen LogP contribution in [-0.2, 0) is 6.42 Å². The fourth-order valence-corrected chi connectivity index (χ4v) is 1.72. The zero-order valence-electron chi connectivity index (χ0n) is 11.8. The largest absolute Gasteiger partial charge is 0.472 e. The number of allylic oxidation sites excluding steroid dienone is 1. The van der Waals surface area contributed by atoms with Gasteiger partial charge in [-0.25, -0.2) is 0 Å². The third-order valence-corrected chi connectivity index (χ3v) is 3.27. The van der Waals surface area contributed by atoms with Crippen LogP contribution in [0.4, 0.5) is 0 Å². The molecule has 0 aliphatic carbocycles. The molecule has 0 amide bonds. The van der Waals surface area contributed by atoms with Gasteiger partial charge >= 0.3 is 0 Å². The van der Waals surface area contributed by atoms with Gasteiger partial charge in [0.15, 0.2) is 0 Å². The van der Waals surface area contributed by atoms with E-state index in [-0.39, 0.29) is 6.42 Å². The van der Waals surface area contributed by atoms with E-state index in [1.807, 2.05) is 19.1 Å². The maximum absolute atomic E-state index is 9.95. The van der Waals surface area contributed by atoms with E-state index in [0.29, 0.717) is 0 Å². The first-order valence-corrected chi connectivity index (χ1v) is 6.57. The van der Waals surface area contributed by atoms with Crippen LogP contribution in [0.5, 0.6) is 0 Å². The predicted octanol–water partition coefficient (Wildman–Crippen LogP) is 2.04. The van der Waals surface area contributed by atoms with Gasteiger partial charge in [0.2, 0.25) is 0 Å². The zero-order valence-corrected chi connectivity index (χ0v) is 11.8. The minimum absolute atomic E-state index is 0.136. The van der Waals surface area contributed by atoms with Crippen LogP contribution in [0, 0.1) is 0 Å². The van der Waals surface area contributed by atoms with E-state index in [1.165, 1.54) is 13.8 Å². The molecule has 0 bridgehead atoms. The Bertz CT molecular complexity index is 387. The van der Waals surface area contributed by atoms with E-state index in [2.05, 4.69) is 0 Å². The summed E-state index contributed by atoms with van der Waals surface area (Å²) in [4.78, 5) is 0. The Kier molecular flexibility index (Phi) is 5.79. The van der Waals surface area contributed by atoms with E-state index in [4.69, 9.17) is 4.42 Å². The van der Waals surface area contributed by atoms with Gasteiger partial charge in [0.05, 0.1) is 30.3 Å². The molecule has 0 spiro atoms. The lowest BCUT2D eigenvalue weighted by atomic mass is 9.93. The Morgan fingerprint density at radius 3 is 2.63 bits per heavy atom. The van der Waals surface area contributed by atoms with Crippen LogP contribution in [-0.4, -0.2) is 33.1 Å². The lowest BCUT2D eigenvalue weighted by Gasteiger charge is -2.26. The summed E-state index contributed by atoms with van der Waals surface area (Å²) in [5.41, 5.74) is 0.736. The van der Waals surface area contributed by atoms with Crippen LogP contribution >= 0.6 is 0 Å². The van der Waals surface area contributed by atoms with Gasteiger partial charge in [0.1, 0.15) is 0 Å². The molecular formula is C15H24O4. The van der Waals surface area contributed by atoms with Gasteiger partial charge in [-0.1, -0.05) is 6.08 Å². The maximum atomic E-state index is 9.95. The molecule has 1 heterocycles. The molecule has 2 atom stereocenters. The maximum Gasteiger partial charge on any atom is 0.0934 e. The fraction of sp³-hybridized carbons (Fsp3) is 0.600. The first kappa shape index (κ1) is 16.0. The number of aryl methyl sites for hydroxylation is 1. The molecular weight excluding hydrogens is 244 g/mol. The number of rotatable bonds is 7. The molecule has 1 aromatic heterocycles. The van der Waals surface area contributed by atoms with Crippen LogP contribution in [0.2, 0.25) is 0 Å². The Morgan fingerprint density at radius 1 is 1.42 bits per heavy atom. The SMILES string of the molecule is C/C(=C\CCc1ccoc1)[C@H](O)C[C@H](O)C(C)(C)O. The van der Waals surface area contributed by atoms with E-state index >= 15 is 0 Å². The lowest BCUT2D eigenvalue weighted by molar-refractivity contribution is -0.0640. The van der Waals surface area contributed by atoms with Gasteiger partial charge in [-0.2, -0.15) is 0 Å². The van der Waals surface area contributed by atoms with Crippen molar-refractivity contribution >= 4 is 0 Å². The van der Waals surface area contributed by atoms with Crippen LogP contribution in [0.25, 0.3) is 0 Å². The van der Waals surface area contributed by atoms with E-state index in [9.17, 15) is 15.3 Å². The highest BCUT2D eigenvalue weighted by atomic mass is 16.3. The molecule has 0 unspecified atom stereocenters. The summed E-state index contributed by atoms with van der Waals surface area (Å²) < 4.78 is 4.98. The van der Waals surface area contributed by atoms with Crippen LogP contribution in [0.3, 0.4) is 0 Å². The molecule has 0 saturated heterocycles. The quantitative estimate of drug-likeness (QED) is 0.662. The summed E-state index contributed by atoms with van der Waals surface area (Å²) in [5.74, 6) is 0. The first-order chi connectivity index (χ1) is 8.80. The molecule has 0 saturated carbocycles. The summed E-state index contributed by atoms with van der Waals surface area (Å²) in [6.45, 7) is 4.89. The second-order valence-electron chi connectivity index (χ2n) is 5.54. The normalized spacial score (nSPS) is 16.4. The minimum Gasteiger partial charge on any atom is -0.472 e. The molecule has 19 heavy (non-hydrogen) atoms. The first-order valence-electron chi connectivity index (χ1n) is 6.57. The molecule has 0 fully saturated rings. The van der Waals surface area contributed by atoms with Crippen molar-refractivity contribution in [2.24, 2.45) is 0 Å². The predicted molar refractivity (Wildman–Crippen MR) is 73.7 cm³/mol.